The van der Waals surface area contributed by atoms with E-state index >= 15 is 0 Å². The smallest absolute Gasteiger partial charge is 0.106 e. The second kappa shape index (κ2) is 7.34. The molecule has 0 bridgehead atoms. The summed E-state index contributed by atoms with van der Waals surface area (Å²) >= 11 is 7.77. The summed E-state index contributed by atoms with van der Waals surface area (Å²) in [6.45, 7) is 6.60. The lowest BCUT2D eigenvalue weighted by atomic mass is 9.79. The van der Waals surface area contributed by atoms with Gasteiger partial charge < -0.3 is 20.3 Å². The van der Waals surface area contributed by atoms with Gasteiger partial charge in [0.25, 0.3) is 0 Å². The van der Waals surface area contributed by atoms with E-state index in [1.165, 1.54) is 11.3 Å². The Bertz CT molecular complexity index is 849. The van der Waals surface area contributed by atoms with Crippen molar-refractivity contribution >= 4 is 22.9 Å². The van der Waals surface area contributed by atoms with Crippen molar-refractivity contribution in [2.45, 2.75) is 76.0 Å². The summed E-state index contributed by atoms with van der Waals surface area (Å²) in [5.74, 6) is 0. The van der Waals surface area contributed by atoms with Gasteiger partial charge in [0.2, 0.25) is 0 Å². The number of halogens is 1. The van der Waals surface area contributed by atoms with E-state index in [1.807, 2.05) is 12.3 Å². The van der Waals surface area contributed by atoms with E-state index in [2.05, 4.69) is 22.6 Å². The Hall–Kier alpha value is -1.03. The van der Waals surface area contributed by atoms with Crippen molar-refractivity contribution < 1.29 is 14.9 Å². The van der Waals surface area contributed by atoms with Gasteiger partial charge in [-0.15, -0.1) is 16.4 Å². The molecule has 1 spiro atoms. The van der Waals surface area contributed by atoms with E-state index < -0.39 is 17.3 Å². The molecule has 2 aromatic rings. The van der Waals surface area contributed by atoms with Crippen LogP contribution in [0, 0.1) is 0 Å². The van der Waals surface area contributed by atoms with E-state index in [4.69, 9.17) is 16.3 Å². The molecule has 7 nitrogen and oxygen atoms in total. The van der Waals surface area contributed by atoms with Crippen LogP contribution in [0.2, 0.25) is 4.34 Å². The van der Waals surface area contributed by atoms with Crippen LogP contribution in [0.5, 0.6) is 0 Å². The van der Waals surface area contributed by atoms with Crippen molar-refractivity contribution in [3.8, 4) is 0 Å². The number of piperidine rings is 1. The number of aliphatic hydroxyl groups is 2. The molecule has 1 fully saturated rings. The highest BCUT2D eigenvalue weighted by Crippen LogP contribution is 2.51. The number of aliphatic hydroxyl groups excluding tert-OH is 1. The standard InChI is InChI=1S/C19H27ClN4O3S/c1-11-7-19(17-12(6-16(20)28-17)15(25)10-27-19)8-13(21-11)14-9-24(23-22-14)5-4-18(2,3)26/h6,9,11,13,15,21,25-26H,4-5,7-8,10H2,1-3H3/t11-,13-,15+,19-/m0/s1. The summed E-state index contributed by atoms with van der Waals surface area (Å²) in [7, 11) is 0. The zero-order valence-electron chi connectivity index (χ0n) is 16.4. The van der Waals surface area contributed by atoms with Gasteiger partial charge in [-0.1, -0.05) is 16.8 Å². The molecular formula is C19H27ClN4O3S. The van der Waals surface area contributed by atoms with Crippen molar-refractivity contribution in [2.75, 3.05) is 6.61 Å². The molecule has 4 rings (SSSR count). The van der Waals surface area contributed by atoms with Crippen molar-refractivity contribution in [3.05, 3.63) is 32.7 Å². The number of fused-ring (bicyclic) bond motifs is 2. The van der Waals surface area contributed by atoms with Crippen LogP contribution in [0.4, 0.5) is 0 Å². The van der Waals surface area contributed by atoms with E-state index in [0.717, 1.165) is 22.6 Å². The van der Waals surface area contributed by atoms with Crippen molar-refractivity contribution in [2.24, 2.45) is 0 Å². The van der Waals surface area contributed by atoms with Gasteiger partial charge in [0.05, 0.1) is 34.5 Å². The number of aromatic nitrogens is 3. The Kier molecular flexibility index (Phi) is 5.31. The van der Waals surface area contributed by atoms with Gasteiger partial charge in [-0.3, -0.25) is 4.68 Å². The number of aryl methyl sites for hydroxylation is 1. The Morgan fingerprint density at radius 1 is 1.46 bits per heavy atom. The third-order valence-electron chi connectivity index (χ3n) is 5.54. The molecule has 4 atom stereocenters. The molecule has 0 amide bonds. The number of nitrogens with one attached hydrogen (secondary N) is 1. The first-order chi connectivity index (χ1) is 13.2. The van der Waals surface area contributed by atoms with Gasteiger partial charge in [-0.05, 0) is 39.7 Å². The minimum absolute atomic E-state index is 0.0106. The van der Waals surface area contributed by atoms with Crippen LogP contribution >= 0.6 is 22.9 Å². The van der Waals surface area contributed by atoms with Crippen molar-refractivity contribution in [3.63, 3.8) is 0 Å². The predicted octanol–water partition coefficient (Wildman–Crippen LogP) is 2.93. The van der Waals surface area contributed by atoms with Crippen LogP contribution in [-0.2, 0) is 16.9 Å². The first kappa shape index (κ1) is 20.3. The minimum atomic E-state index is -0.737. The largest absolute Gasteiger partial charge is 0.390 e. The van der Waals surface area contributed by atoms with E-state index in [0.29, 0.717) is 23.7 Å². The molecule has 28 heavy (non-hydrogen) atoms. The summed E-state index contributed by atoms with van der Waals surface area (Å²) in [6.07, 6.45) is 3.43. The van der Waals surface area contributed by atoms with E-state index in [-0.39, 0.29) is 18.7 Å². The molecule has 2 aliphatic heterocycles. The lowest BCUT2D eigenvalue weighted by molar-refractivity contribution is -0.129. The molecule has 0 aromatic carbocycles. The maximum atomic E-state index is 10.3. The Balaban J connectivity index is 1.58. The van der Waals surface area contributed by atoms with Gasteiger partial charge in [0.1, 0.15) is 11.7 Å². The summed E-state index contributed by atoms with van der Waals surface area (Å²) in [5, 5.41) is 32.5. The van der Waals surface area contributed by atoms with Crippen molar-refractivity contribution in [1.29, 1.82) is 0 Å². The quantitative estimate of drug-likeness (QED) is 0.696. The van der Waals surface area contributed by atoms with Gasteiger partial charge >= 0.3 is 0 Å². The fourth-order valence-corrected chi connectivity index (χ4v) is 5.66. The SMILES string of the molecule is C[C@H]1C[C@@]2(C[C@@H](c3cn(CCC(C)(C)O)nn3)N1)OC[C@@H](O)c1cc(Cl)sc12. The maximum absolute atomic E-state index is 10.3. The first-order valence-corrected chi connectivity index (χ1v) is 10.8. The van der Waals surface area contributed by atoms with Gasteiger partial charge in [0.15, 0.2) is 0 Å². The highest BCUT2D eigenvalue weighted by atomic mass is 35.5. The van der Waals surface area contributed by atoms with E-state index in [1.54, 1.807) is 18.5 Å². The third kappa shape index (κ3) is 3.99. The zero-order valence-corrected chi connectivity index (χ0v) is 17.9. The molecule has 0 saturated carbocycles. The summed E-state index contributed by atoms with van der Waals surface area (Å²) in [5.41, 5.74) is 0.543. The fourth-order valence-electron chi connectivity index (χ4n) is 4.20. The summed E-state index contributed by atoms with van der Waals surface area (Å²) in [6, 6.07) is 2.07. The lowest BCUT2D eigenvalue weighted by Gasteiger charge is -2.46. The Morgan fingerprint density at radius 2 is 2.25 bits per heavy atom. The zero-order chi connectivity index (χ0) is 20.1. The van der Waals surface area contributed by atoms with Gasteiger partial charge in [-0.2, -0.15) is 0 Å². The average molecular weight is 427 g/mol. The summed E-state index contributed by atoms with van der Waals surface area (Å²) < 4.78 is 8.71. The van der Waals surface area contributed by atoms with Crippen LogP contribution in [0.1, 0.15) is 68.3 Å². The van der Waals surface area contributed by atoms with Gasteiger partial charge in [-0.25, -0.2) is 0 Å². The molecule has 0 radical (unpaired) electrons. The highest BCUT2D eigenvalue weighted by Gasteiger charge is 2.48. The maximum Gasteiger partial charge on any atom is 0.106 e. The van der Waals surface area contributed by atoms with Crippen LogP contribution in [0.15, 0.2) is 12.3 Å². The third-order valence-corrected chi connectivity index (χ3v) is 7.01. The fraction of sp³-hybridized carbons (Fsp3) is 0.684. The highest BCUT2D eigenvalue weighted by molar-refractivity contribution is 7.16. The van der Waals surface area contributed by atoms with Crippen LogP contribution in [0.3, 0.4) is 0 Å². The number of thiophene rings is 1. The van der Waals surface area contributed by atoms with Crippen LogP contribution < -0.4 is 5.32 Å². The van der Waals surface area contributed by atoms with Gasteiger partial charge in [0, 0.05) is 29.4 Å². The van der Waals surface area contributed by atoms with E-state index in [9.17, 15) is 10.2 Å². The summed E-state index contributed by atoms with van der Waals surface area (Å²) in [4.78, 5) is 1.03. The second-order valence-corrected chi connectivity index (χ2v) is 10.3. The molecule has 3 N–H and O–H groups in total. The number of ether oxygens (including phenoxy) is 1. The Morgan fingerprint density at radius 3 is 3.00 bits per heavy atom. The Labute approximate surface area is 173 Å². The molecule has 1 saturated heterocycles. The van der Waals surface area contributed by atoms with Crippen molar-refractivity contribution in [1.82, 2.24) is 20.3 Å². The van der Waals surface area contributed by atoms with Crippen LogP contribution in [0.25, 0.3) is 0 Å². The molecule has 154 valence electrons. The molecule has 0 aliphatic carbocycles. The number of nitrogens with zero attached hydrogens (tertiary/aromatic N) is 3. The molecule has 9 heteroatoms. The lowest BCUT2D eigenvalue weighted by Crippen LogP contribution is -2.50. The first-order valence-electron chi connectivity index (χ1n) is 9.65. The number of rotatable bonds is 4. The molecule has 4 heterocycles. The van der Waals surface area contributed by atoms with Crippen LogP contribution in [-0.4, -0.2) is 43.5 Å². The average Bonchev–Trinajstić information content (AvgIpc) is 3.23. The molecule has 0 unspecified atom stereocenters. The molecule has 2 aromatic heterocycles. The predicted molar refractivity (Wildman–Crippen MR) is 107 cm³/mol. The topological polar surface area (TPSA) is 92.4 Å². The normalized spacial score (nSPS) is 30.6. The number of hydrogen-bond acceptors (Lipinski definition) is 7. The monoisotopic (exact) mass is 426 g/mol. The minimum Gasteiger partial charge on any atom is -0.390 e. The second-order valence-electron chi connectivity index (χ2n) is 8.65. The molecular weight excluding hydrogens is 400 g/mol. The molecule has 2 aliphatic rings. The number of hydrogen-bond donors (Lipinski definition) is 3.